The van der Waals surface area contributed by atoms with Crippen molar-refractivity contribution in [2.45, 2.75) is 32.7 Å². The molecule has 1 aromatic carbocycles. The van der Waals surface area contributed by atoms with Gasteiger partial charge in [-0.15, -0.1) is 0 Å². The minimum atomic E-state index is -0.415. The summed E-state index contributed by atoms with van der Waals surface area (Å²) in [5.74, 6) is -0.414. The number of aryl methyl sites for hydroxylation is 1. The third-order valence-electron chi connectivity index (χ3n) is 2.20. The second kappa shape index (κ2) is 10.1. The molecule has 0 spiro atoms. The van der Waals surface area contributed by atoms with Crippen molar-refractivity contribution in [1.82, 2.24) is 5.32 Å². The van der Waals surface area contributed by atoms with E-state index in [9.17, 15) is 9.59 Å². The number of hydrogen-bond acceptors (Lipinski definition) is 3. The van der Waals surface area contributed by atoms with Crippen molar-refractivity contribution in [2.75, 3.05) is 6.54 Å². The lowest BCUT2D eigenvalue weighted by molar-refractivity contribution is -0.122. The maximum Gasteiger partial charge on any atom is 0.236 e. The Morgan fingerprint density at radius 1 is 1.26 bits per heavy atom. The number of hydrogen-bond donors (Lipinski definition) is 3. The topological polar surface area (TPSA) is 98.2 Å². The lowest BCUT2D eigenvalue weighted by Gasteiger charge is -2.07. The summed E-state index contributed by atoms with van der Waals surface area (Å²) in [4.78, 5) is 20.3. The first kappa shape index (κ1) is 17.1. The highest BCUT2D eigenvalue weighted by Crippen LogP contribution is 2.01. The zero-order chi connectivity index (χ0) is 14.7. The summed E-state index contributed by atoms with van der Waals surface area (Å²) < 4.78 is 0. The van der Waals surface area contributed by atoms with Gasteiger partial charge in [0, 0.05) is 13.5 Å². The van der Waals surface area contributed by atoms with E-state index in [1.807, 2.05) is 18.2 Å². The van der Waals surface area contributed by atoms with Crippen LogP contribution in [0.3, 0.4) is 0 Å². The summed E-state index contributed by atoms with van der Waals surface area (Å²) in [5, 5.41) is 2.79. The first-order chi connectivity index (χ1) is 8.93. The zero-order valence-electron chi connectivity index (χ0n) is 11.6. The van der Waals surface area contributed by atoms with Crippen molar-refractivity contribution in [3.8, 4) is 0 Å². The average Bonchev–Trinajstić information content (AvgIpc) is 2.35. The molecule has 19 heavy (non-hydrogen) atoms. The smallest absolute Gasteiger partial charge is 0.236 e. The van der Waals surface area contributed by atoms with Crippen LogP contribution < -0.4 is 16.8 Å². The quantitative estimate of drug-likeness (QED) is 0.679. The molecule has 5 N–H and O–H groups in total. The fraction of sp³-hybridized carbons (Fsp3) is 0.429. The number of rotatable bonds is 5. The number of nitrogens with one attached hydrogen (secondary N) is 1. The maximum absolute atomic E-state index is 11.1. The van der Waals surface area contributed by atoms with E-state index in [0.717, 1.165) is 12.8 Å². The summed E-state index contributed by atoms with van der Waals surface area (Å²) in [6.07, 6.45) is 1.93. The first-order valence-electron chi connectivity index (χ1n) is 6.26. The molecule has 0 aliphatic heterocycles. The Labute approximate surface area is 114 Å². The molecule has 0 heterocycles. The van der Waals surface area contributed by atoms with Crippen molar-refractivity contribution >= 4 is 11.8 Å². The number of nitrogens with two attached hydrogens (primary N) is 2. The molecule has 5 heteroatoms. The molecule has 0 saturated heterocycles. The molecule has 0 aliphatic rings. The first-order valence-corrected chi connectivity index (χ1v) is 6.26. The van der Waals surface area contributed by atoms with Gasteiger partial charge in [0.05, 0.1) is 6.04 Å². The maximum atomic E-state index is 11.1. The molecule has 0 bridgehead atoms. The van der Waals surface area contributed by atoms with Gasteiger partial charge in [-0.05, 0) is 25.3 Å². The van der Waals surface area contributed by atoms with E-state index in [2.05, 4.69) is 23.2 Å². The van der Waals surface area contributed by atoms with E-state index in [-0.39, 0.29) is 11.8 Å². The fourth-order valence-electron chi connectivity index (χ4n) is 1.31. The Morgan fingerprint density at radius 2 is 1.79 bits per heavy atom. The molecule has 0 aliphatic carbocycles. The van der Waals surface area contributed by atoms with Gasteiger partial charge >= 0.3 is 0 Å². The second-order valence-corrected chi connectivity index (χ2v) is 4.28. The van der Waals surface area contributed by atoms with Crippen LogP contribution in [0.5, 0.6) is 0 Å². The monoisotopic (exact) mass is 265 g/mol. The molecule has 106 valence electrons. The summed E-state index contributed by atoms with van der Waals surface area (Å²) in [5.41, 5.74) is 11.2. The predicted molar refractivity (Wildman–Crippen MR) is 76.3 cm³/mol. The van der Waals surface area contributed by atoms with Crippen LogP contribution in [0.1, 0.15) is 25.8 Å². The van der Waals surface area contributed by atoms with Gasteiger partial charge in [-0.1, -0.05) is 30.3 Å². The van der Waals surface area contributed by atoms with Gasteiger partial charge in [-0.2, -0.15) is 0 Å². The van der Waals surface area contributed by atoms with E-state index in [1.54, 1.807) is 6.92 Å². The van der Waals surface area contributed by atoms with Gasteiger partial charge in [0.1, 0.15) is 0 Å². The van der Waals surface area contributed by atoms with Crippen LogP contribution in [-0.4, -0.2) is 24.4 Å². The summed E-state index contributed by atoms with van der Waals surface area (Å²) in [7, 11) is 0. The molecule has 5 nitrogen and oxygen atoms in total. The molecule has 0 aromatic heterocycles. The summed E-state index contributed by atoms with van der Waals surface area (Å²) >= 11 is 0. The molecule has 0 fully saturated rings. The third-order valence-corrected chi connectivity index (χ3v) is 2.20. The fourth-order valence-corrected chi connectivity index (χ4v) is 1.31. The van der Waals surface area contributed by atoms with Crippen molar-refractivity contribution in [3.05, 3.63) is 35.9 Å². The predicted octanol–water partition coefficient (Wildman–Crippen LogP) is 0.574. The van der Waals surface area contributed by atoms with Crippen LogP contribution in [0.4, 0.5) is 0 Å². The molecular weight excluding hydrogens is 242 g/mol. The van der Waals surface area contributed by atoms with Gasteiger partial charge in [0.2, 0.25) is 11.8 Å². The van der Waals surface area contributed by atoms with Crippen LogP contribution in [-0.2, 0) is 16.0 Å². The van der Waals surface area contributed by atoms with Gasteiger partial charge < -0.3 is 16.8 Å². The molecule has 1 aromatic rings. The van der Waals surface area contributed by atoms with Gasteiger partial charge in [-0.25, -0.2) is 0 Å². The lowest BCUT2D eigenvalue weighted by atomic mass is 10.1. The van der Waals surface area contributed by atoms with E-state index in [4.69, 9.17) is 5.73 Å². The highest BCUT2D eigenvalue weighted by atomic mass is 16.2. The number of primary amides is 1. The Morgan fingerprint density at radius 3 is 2.26 bits per heavy atom. The molecular formula is C14H23N3O2. The van der Waals surface area contributed by atoms with E-state index < -0.39 is 6.04 Å². The van der Waals surface area contributed by atoms with Crippen LogP contribution >= 0.6 is 0 Å². The van der Waals surface area contributed by atoms with Crippen LogP contribution in [0, 0.1) is 0 Å². The largest absolute Gasteiger partial charge is 0.370 e. The Bertz CT molecular complexity index is 374. The Kier molecular flexibility index (Phi) is 9.08. The van der Waals surface area contributed by atoms with E-state index >= 15 is 0 Å². The molecule has 1 unspecified atom stereocenters. The van der Waals surface area contributed by atoms with Gasteiger partial charge in [0.15, 0.2) is 0 Å². The molecule has 1 atom stereocenters. The van der Waals surface area contributed by atoms with E-state index in [0.29, 0.717) is 6.54 Å². The molecule has 2 amide bonds. The molecule has 0 radical (unpaired) electrons. The second-order valence-electron chi connectivity index (χ2n) is 4.28. The standard InChI is InChI=1S/C12H18N2O.C2H5NO/c1-10(13)12(15)14-9-5-8-11-6-3-2-4-7-11;1-2(3)4/h2-4,6-7,10H,5,8-9,13H2,1H3,(H,14,15);1H3,(H2,3,4). The number of amides is 2. The van der Waals surface area contributed by atoms with Crippen molar-refractivity contribution < 1.29 is 9.59 Å². The average molecular weight is 265 g/mol. The molecule has 0 saturated carbocycles. The SMILES string of the molecule is CC(N)=O.CC(N)C(=O)NCCCc1ccccc1. The van der Waals surface area contributed by atoms with Crippen LogP contribution in [0.25, 0.3) is 0 Å². The highest BCUT2D eigenvalue weighted by Gasteiger charge is 2.04. The minimum absolute atomic E-state index is 0.0805. The Balaban J connectivity index is 0.000000711. The van der Waals surface area contributed by atoms with E-state index in [1.165, 1.54) is 12.5 Å². The normalized spacial score (nSPS) is 10.9. The number of carbonyl (C=O) groups excluding carboxylic acids is 2. The van der Waals surface area contributed by atoms with Crippen LogP contribution in [0.2, 0.25) is 0 Å². The van der Waals surface area contributed by atoms with Crippen molar-refractivity contribution in [1.29, 1.82) is 0 Å². The highest BCUT2D eigenvalue weighted by molar-refractivity contribution is 5.80. The minimum Gasteiger partial charge on any atom is -0.370 e. The Hall–Kier alpha value is -1.88. The number of carbonyl (C=O) groups is 2. The third kappa shape index (κ3) is 11.0. The zero-order valence-corrected chi connectivity index (χ0v) is 11.6. The summed E-state index contributed by atoms with van der Waals surface area (Å²) in [6.45, 7) is 3.68. The summed E-state index contributed by atoms with van der Waals surface area (Å²) in [6, 6.07) is 9.81. The van der Waals surface area contributed by atoms with Crippen molar-refractivity contribution in [3.63, 3.8) is 0 Å². The number of benzene rings is 1. The lowest BCUT2D eigenvalue weighted by Crippen LogP contribution is -2.38. The van der Waals surface area contributed by atoms with Crippen LogP contribution in [0.15, 0.2) is 30.3 Å². The molecule has 1 rings (SSSR count). The van der Waals surface area contributed by atoms with Crippen molar-refractivity contribution in [2.24, 2.45) is 11.5 Å². The van der Waals surface area contributed by atoms with Gasteiger partial charge in [0.25, 0.3) is 0 Å². The van der Waals surface area contributed by atoms with Gasteiger partial charge in [-0.3, -0.25) is 9.59 Å².